The van der Waals surface area contributed by atoms with Crippen LogP contribution in [-0.2, 0) is 9.59 Å². The second-order valence-corrected chi connectivity index (χ2v) is 9.28. The van der Waals surface area contributed by atoms with E-state index >= 15 is 0 Å². The zero-order chi connectivity index (χ0) is 23.2. The van der Waals surface area contributed by atoms with Crippen molar-refractivity contribution in [2.45, 2.75) is 52.5 Å². The maximum atomic E-state index is 13.2. The summed E-state index contributed by atoms with van der Waals surface area (Å²) in [6.45, 7) is 11.7. The molecule has 0 unspecified atom stereocenters. The number of hydrogen-bond donors (Lipinski definition) is 1. The number of barbiturate groups is 1. The minimum atomic E-state index is -0.734. The van der Waals surface area contributed by atoms with Gasteiger partial charge < -0.3 is 4.90 Å². The molecule has 2 aliphatic rings. The monoisotopic (exact) mass is 431 g/mol. The predicted molar refractivity (Wildman–Crippen MR) is 127 cm³/mol. The Hall–Kier alpha value is -3.41. The van der Waals surface area contributed by atoms with Crippen molar-refractivity contribution in [3.8, 4) is 0 Å². The van der Waals surface area contributed by atoms with E-state index in [9.17, 15) is 14.4 Å². The van der Waals surface area contributed by atoms with E-state index in [0.29, 0.717) is 11.6 Å². The van der Waals surface area contributed by atoms with E-state index in [1.807, 2.05) is 19.1 Å². The highest BCUT2D eigenvalue weighted by atomic mass is 16.2. The average Bonchev–Trinajstić information content (AvgIpc) is 2.71. The van der Waals surface area contributed by atoms with Gasteiger partial charge in [0.25, 0.3) is 11.8 Å². The summed E-state index contributed by atoms with van der Waals surface area (Å²) in [5.74, 6) is -0.945. The lowest BCUT2D eigenvalue weighted by atomic mass is 9.79. The molecule has 0 bridgehead atoms. The van der Waals surface area contributed by atoms with Crippen LogP contribution in [0.1, 0.15) is 56.7 Å². The van der Waals surface area contributed by atoms with Gasteiger partial charge in [-0.15, -0.1) is 0 Å². The summed E-state index contributed by atoms with van der Waals surface area (Å²) >= 11 is 0. The largest absolute Gasteiger partial charge is 0.366 e. The Kier molecular flexibility index (Phi) is 5.41. The molecule has 32 heavy (non-hydrogen) atoms. The Morgan fingerprint density at radius 3 is 2.56 bits per heavy atom. The molecule has 0 aliphatic carbocycles. The third-order valence-electron chi connectivity index (χ3n) is 6.40. The summed E-state index contributed by atoms with van der Waals surface area (Å²) in [7, 11) is 0. The molecule has 0 radical (unpaired) electrons. The molecule has 0 saturated carbocycles. The Balaban J connectivity index is 1.73. The predicted octanol–water partition coefficient (Wildman–Crippen LogP) is 4.77. The number of carbonyl (C=O) groups is 3. The minimum absolute atomic E-state index is 0.0535. The van der Waals surface area contributed by atoms with Crippen LogP contribution in [0.25, 0.3) is 6.08 Å². The van der Waals surface area contributed by atoms with Crippen LogP contribution >= 0.6 is 0 Å². The van der Waals surface area contributed by atoms with E-state index in [-0.39, 0.29) is 11.1 Å². The highest BCUT2D eigenvalue weighted by Gasteiger charge is 2.38. The van der Waals surface area contributed by atoms with E-state index in [1.54, 1.807) is 24.3 Å². The van der Waals surface area contributed by atoms with Gasteiger partial charge in [0.2, 0.25) is 0 Å². The maximum absolute atomic E-state index is 13.2. The second-order valence-electron chi connectivity index (χ2n) is 9.28. The normalized spacial score (nSPS) is 21.6. The van der Waals surface area contributed by atoms with Crippen molar-refractivity contribution in [3.05, 3.63) is 64.7 Å². The van der Waals surface area contributed by atoms with Gasteiger partial charge in [-0.25, -0.2) is 9.69 Å². The van der Waals surface area contributed by atoms with Crippen molar-refractivity contribution in [1.82, 2.24) is 5.32 Å². The number of hydrogen-bond acceptors (Lipinski definition) is 4. The van der Waals surface area contributed by atoms with Gasteiger partial charge in [-0.05, 0) is 87.1 Å². The summed E-state index contributed by atoms with van der Waals surface area (Å²) in [6, 6.07) is 12.4. The van der Waals surface area contributed by atoms with Crippen LogP contribution in [0, 0.1) is 6.92 Å². The molecule has 1 fully saturated rings. The molecule has 2 aromatic carbocycles. The molecule has 2 aromatic rings. The van der Waals surface area contributed by atoms with Crippen molar-refractivity contribution >= 4 is 35.3 Å². The van der Waals surface area contributed by atoms with Gasteiger partial charge in [0.15, 0.2) is 0 Å². The molecule has 0 spiro atoms. The molecule has 1 saturated heterocycles. The number of nitrogens with one attached hydrogen (secondary N) is 1. The lowest BCUT2D eigenvalue weighted by Crippen LogP contribution is -2.54. The first kappa shape index (κ1) is 21.8. The Bertz CT molecular complexity index is 1150. The molecule has 0 aromatic heterocycles. The number of amides is 4. The topological polar surface area (TPSA) is 69.7 Å². The summed E-state index contributed by atoms with van der Waals surface area (Å²) in [5.41, 5.74) is 4.52. The number of nitrogens with zero attached hydrogens (tertiary/aromatic N) is 2. The number of aryl methyl sites for hydroxylation is 1. The average molecular weight is 432 g/mol. The summed E-state index contributed by atoms with van der Waals surface area (Å²) in [4.78, 5) is 41.6. The fourth-order valence-electron chi connectivity index (χ4n) is 5.02. The van der Waals surface area contributed by atoms with Crippen LogP contribution in [0.2, 0.25) is 0 Å². The molecular formula is C26H29N3O3. The first-order chi connectivity index (χ1) is 15.1. The minimum Gasteiger partial charge on any atom is -0.366 e. The second kappa shape index (κ2) is 7.93. The van der Waals surface area contributed by atoms with Crippen LogP contribution < -0.4 is 15.1 Å². The molecule has 2 aliphatic heterocycles. The van der Waals surface area contributed by atoms with Gasteiger partial charge in [0.05, 0.1) is 5.69 Å². The first-order valence-electron chi connectivity index (χ1n) is 11.0. The van der Waals surface area contributed by atoms with Crippen molar-refractivity contribution < 1.29 is 14.4 Å². The highest BCUT2D eigenvalue weighted by molar-refractivity contribution is 6.39. The zero-order valence-electron chi connectivity index (χ0n) is 19.2. The van der Waals surface area contributed by atoms with Crippen LogP contribution in [0.5, 0.6) is 0 Å². The Labute approximate surface area is 188 Å². The lowest BCUT2D eigenvalue weighted by Gasteiger charge is -2.47. The van der Waals surface area contributed by atoms with Crippen LogP contribution in [-0.4, -0.2) is 29.9 Å². The molecule has 4 rings (SSSR count). The van der Waals surface area contributed by atoms with Crippen LogP contribution in [0.4, 0.5) is 16.2 Å². The smallest absolute Gasteiger partial charge is 0.335 e. The van der Waals surface area contributed by atoms with Crippen LogP contribution in [0.3, 0.4) is 0 Å². The molecular weight excluding hydrogens is 402 g/mol. The summed E-state index contributed by atoms with van der Waals surface area (Å²) < 4.78 is 0. The SMILES string of the molecule is CCN1c2ccc(/C=C3\C(=O)NC(=O)N(c4cccc(C)c4)C3=O)cc2[C@H](C)CC1(C)C. The van der Waals surface area contributed by atoms with E-state index < -0.39 is 17.8 Å². The number of rotatable bonds is 3. The molecule has 1 N–H and O–H groups in total. The highest BCUT2D eigenvalue weighted by Crippen LogP contribution is 2.43. The van der Waals surface area contributed by atoms with E-state index in [2.05, 4.69) is 50.0 Å². The zero-order valence-corrected chi connectivity index (χ0v) is 19.2. The third-order valence-corrected chi connectivity index (χ3v) is 6.40. The van der Waals surface area contributed by atoms with E-state index in [4.69, 9.17) is 0 Å². The van der Waals surface area contributed by atoms with Crippen molar-refractivity contribution in [2.75, 3.05) is 16.3 Å². The fraction of sp³-hybridized carbons (Fsp3) is 0.346. The molecule has 2 heterocycles. The van der Waals surface area contributed by atoms with Gasteiger partial charge in [0.1, 0.15) is 5.57 Å². The molecule has 166 valence electrons. The fourth-order valence-corrected chi connectivity index (χ4v) is 5.02. The van der Waals surface area contributed by atoms with E-state index in [1.165, 1.54) is 11.3 Å². The number of urea groups is 1. The molecule has 4 amide bonds. The van der Waals surface area contributed by atoms with Gasteiger partial charge in [-0.2, -0.15) is 0 Å². The Morgan fingerprint density at radius 2 is 1.88 bits per heavy atom. The number of benzene rings is 2. The van der Waals surface area contributed by atoms with Gasteiger partial charge in [-0.3, -0.25) is 14.9 Å². The van der Waals surface area contributed by atoms with Gasteiger partial charge in [0, 0.05) is 17.8 Å². The van der Waals surface area contributed by atoms with Gasteiger partial charge >= 0.3 is 6.03 Å². The molecule has 6 nitrogen and oxygen atoms in total. The van der Waals surface area contributed by atoms with Crippen LogP contribution in [0.15, 0.2) is 48.0 Å². The number of carbonyl (C=O) groups excluding carboxylic acids is 3. The van der Waals surface area contributed by atoms with Gasteiger partial charge in [-0.1, -0.05) is 25.1 Å². The number of fused-ring (bicyclic) bond motifs is 1. The molecule has 1 atom stereocenters. The van der Waals surface area contributed by atoms with Crippen molar-refractivity contribution in [3.63, 3.8) is 0 Å². The third kappa shape index (κ3) is 3.70. The first-order valence-corrected chi connectivity index (χ1v) is 11.0. The quantitative estimate of drug-likeness (QED) is 0.561. The van der Waals surface area contributed by atoms with Crippen molar-refractivity contribution in [2.24, 2.45) is 0 Å². The summed E-state index contributed by atoms with van der Waals surface area (Å²) in [5, 5.41) is 2.30. The number of imide groups is 2. The molecule has 6 heteroatoms. The Morgan fingerprint density at radius 1 is 1.12 bits per heavy atom. The summed E-state index contributed by atoms with van der Waals surface area (Å²) in [6.07, 6.45) is 2.60. The maximum Gasteiger partial charge on any atom is 0.335 e. The standard InChI is InChI=1S/C26H29N3O3/c1-6-28-22-11-10-18(13-20(22)17(3)15-26(28,4)5)14-21-23(30)27-25(32)29(24(21)31)19-9-7-8-16(2)12-19/h7-14,17H,6,15H2,1-5H3,(H,27,30,32)/b21-14+/t17-/m1/s1. The lowest BCUT2D eigenvalue weighted by molar-refractivity contribution is -0.122. The van der Waals surface area contributed by atoms with E-state index in [0.717, 1.165) is 29.0 Å². The van der Waals surface area contributed by atoms with Crippen molar-refractivity contribution in [1.29, 1.82) is 0 Å². The number of anilines is 2.